The second-order valence-electron chi connectivity index (χ2n) is 7.78. The Morgan fingerprint density at radius 1 is 1.03 bits per heavy atom. The van der Waals surface area contributed by atoms with Gasteiger partial charge in [0.2, 0.25) is 5.91 Å². The third-order valence-electron chi connectivity index (χ3n) is 5.37. The van der Waals surface area contributed by atoms with Crippen molar-refractivity contribution in [2.75, 3.05) is 5.32 Å². The van der Waals surface area contributed by atoms with E-state index in [9.17, 15) is 9.59 Å². The van der Waals surface area contributed by atoms with Gasteiger partial charge in [0.25, 0.3) is 0 Å². The molecule has 5 nitrogen and oxygen atoms in total. The molecule has 0 aliphatic carbocycles. The number of carbonyl (C=O) groups is 2. The number of nitrogens with zero attached hydrogens (tertiary/aromatic N) is 1. The molecule has 0 radical (unpaired) electrons. The first-order valence-electron chi connectivity index (χ1n) is 10.4. The largest absolute Gasteiger partial charge is 0.353 e. The number of benzene rings is 2. The number of carbonyl (C=O) groups excluding carboxylic acids is 2. The van der Waals surface area contributed by atoms with Crippen molar-refractivity contribution in [2.45, 2.75) is 33.1 Å². The van der Waals surface area contributed by atoms with Crippen LogP contribution in [0.5, 0.6) is 0 Å². The van der Waals surface area contributed by atoms with Gasteiger partial charge in [-0.3, -0.25) is 14.6 Å². The van der Waals surface area contributed by atoms with E-state index in [0.717, 1.165) is 23.3 Å². The zero-order valence-electron chi connectivity index (χ0n) is 17.7. The van der Waals surface area contributed by atoms with E-state index >= 15 is 0 Å². The Hall–Kier alpha value is -3.73. The number of hydrogen-bond donors (Lipinski definition) is 2. The average molecular weight is 412 g/mol. The molecule has 31 heavy (non-hydrogen) atoms. The lowest BCUT2D eigenvalue weighted by Crippen LogP contribution is -2.12. The van der Waals surface area contributed by atoms with E-state index in [1.807, 2.05) is 18.2 Å². The highest BCUT2D eigenvalue weighted by Gasteiger charge is 2.15. The minimum absolute atomic E-state index is 0.0206. The SMILES string of the molecule is CC(=O)c1cccc(NC(=O)CCCc2c(-c3ccccn3)[nH]c3ccc(C)cc23)c1. The van der Waals surface area contributed by atoms with Gasteiger partial charge in [0.15, 0.2) is 5.78 Å². The summed E-state index contributed by atoms with van der Waals surface area (Å²) in [6, 6.07) is 19.3. The predicted molar refractivity (Wildman–Crippen MR) is 124 cm³/mol. The summed E-state index contributed by atoms with van der Waals surface area (Å²) >= 11 is 0. The molecule has 156 valence electrons. The molecule has 0 fully saturated rings. The fourth-order valence-electron chi connectivity index (χ4n) is 3.82. The molecule has 5 heteroatoms. The molecule has 0 bridgehead atoms. The maximum absolute atomic E-state index is 12.5. The molecule has 2 heterocycles. The molecular weight excluding hydrogens is 386 g/mol. The van der Waals surface area contributed by atoms with E-state index in [-0.39, 0.29) is 11.7 Å². The number of pyridine rings is 1. The maximum Gasteiger partial charge on any atom is 0.224 e. The van der Waals surface area contributed by atoms with Gasteiger partial charge < -0.3 is 10.3 Å². The first-order chi connectivity index (χ1) is 15.0. The summed E-state index contributed by atoms with van der Waals surface area (Å²) < 4.78 is 0. The number of amides is 1. The van der Waals surface area contributed by atoms with Crippen molar-refractivity contribution in [2.24, 2.45) is 0 Å². The summed E-state index contributed by atoms with van der Waals surface area (Å²) in [6.45, 7) is 3.60. The Labute approximate surface area is 181 Å². The minimum atomic E-state index is -0.0592. The zero-order chi connectivity index (χ0) is 21.8. The van der Waals surface area contributed by atoms with Crippen molar-refractivity contribution in [3.05, 3.63) is 83.6 Å². The van der Waals surface area contributed by atoms with E-state index < -0.39 is 0 Å². The number of aryl methyl sites for hydroxylation is 2. The van der Waals surface area contributed by atoms with E-state index in [2.05, 4.69) is 40.4 Å². The highest BCUT2D eigenvalue weighted by Crippen LogP contribution is 2.31. The highest BCUT2D eigenvalue weighted by molar-refractivity contribution is 5.97. The van der Waals surface area contributed by atoms with E-state index in [4.69, 9.17) is 0 Å². The summed E-state index contributed by atoms with van der Waals surface area (Å²) in [7, 11) is 0. The monoisotopic (exact) mass is 411 g/mol. The van der Waals surface area contributed by atoms with E-state index in [1.165, 1.54) is 23.4 Å². The maximum atomic E-state index is 12.5. The molecule has 0 spiro atoms. The number of aromatic amines is 1. The van der Waals surface area contributed by atoms with Gasteiger partial charge in [0, 0.05) is 34.8 Å². The number of anilines is 1. The number of Topliss-reactive ketones (excluding diaryl/α,β-unsaturated/α-hetero) is 1. The molecule has 0 unspecified atom stereocenters. The van der Waals surface area contributed by atoms with Gasteiger partial charge in [0.05, 0.1) is 11.4 Å². The molecule has 0 saturated heterocycles. The lowest BCUT2D eigenvalue weighted by molar-refractivity contribution is -0.116. The van der Waals surface area contributed by atoms with Crippen molar-refractivity contribution < 1.29 is 9.59 Å². The van der Waals surface area contributed by atoms with Crippen molar-refractivity contribution in [3.8, 4) is 11.4 Å². The summed E-state index contributed by atoms with van der Waals surface area (Å²) in [5, 5.41) is 4.07. The van der Waals surface area contributed by atoms with Gasteiger partial charge in [-0.05, 0) is 68.7 Å². The fourth-order valence-corrected chi connectivity index (χ4v) is 3.82. The minimum Gasteiger partial charge on any atom is -0.353 e. The topological polar surface area (TPSA) is 74.8 Å². The number of H-pyrrole nitrogens is 1. The Kier molecular flexibility index (Phi) is 5.94. The van der Waals surface area contributed by atoms with E-state index in [1.54, 1.807) is 30.5 Å². The average Bonchev–Trinajstić information content (AvgIpc) is 3.12. The van der Waals surface area contributed by atoms with Crippen LogP contribution in [0.2, 0.25) is 0 Å². The van der Waals surface area contributed by atoms with Crippen molar-refractivity contribution >= 4 is 28.3 Å². The number of fused-ring (bicyclic) bond motifs is 1. The lowest BCUT2D eigenvalue weighted by atomic mass is 10.0. The van der Waals surface area contributed by atoms with Gasteiger partial charge >= 0.3 is 0 Å². The third kappa shape index (κ3) is 4.72. The summed E-state index contributed by atoms with van der Waals surface area (Å²) in [6.07, 6.45) is 3.65. The highest BCUT2D eigenvalue weighted by atomic mass is 16.1. The number of rotatable bonds is 7. The van der Waals surface area contributed by atoms with Gasteiger partial charge in [-0.2, -0.15) is 0 Å². The van der Waals surface area contributed by atoms with Gasteiger partial charge in [-0.1, -0.05) is 29.8 Å². The van der Waals surface area contributed by atoms with Crippen LogP contribution in [0.4, 0.5) is 5.69 Å². The molecule has 0 aliphatic heterocycles. The van der Waals surface area contributed by atoms with Crippen LogP contribution in [0, 0.1) is 6.92 Å². The quantitative estimate of drug-likeness (QED) is 0.383. The second-order valence-corrected chi connectivity index (χ2v) is 7.78. The number of ketones is 1. The molecule has 4 aromatic rings. The fraction of sp³-hybridized carbons (Fsp3) is 0.192. The van der Waals surface area contributed by atoms with Crippen LogP contribution in [-0.2, 0) is 11.2 Å². The number of aromatic nitrogens is 2. The molecule has 2 N–H and O–H groups in total. The summed E-state index contributed by atoms with van der Waals surface area (Å²) in [4.78, 5) is 32.0. The van der Waals surface area contributed by atoms with Crippen LogP contribution < -0.4 is 5.32 Å². The second kappa shape index (κ2) is 8.96. The third-order valence-corrected chi connectivity index (χ3v) is 5.37. The standard InChI is InChI=1S/C26H25N3O2/c1-17-12-13-23-22(15-17)21(26(29-23)24-10-3-4-14-27-24)9-6-11-25(31)28-20-8-5-7-19(16-20)18(2)30/h3-5,7-8,10,12-16,29H,6,9,11H2,1-2H3,(H,28,31). The van der Waals surface area contributed by atoms with Crippen LogP contribution in [0.1, 0.15) is 41.3 Å². The lowest BCUT2D eigenvalue weighted by Gasteiger charge is -2.08. The van der Waals surface area contributed by atoms with E-state index in [0.29, 0.717) is 24.1 Å². The first kappa shape index (κ1) is 20.5. The van der Waals surface area contributed by atoms with Crippen LogP contribution in [0.25, 0.3) is 22.3 Å². The Morgan fingerprint density at radius 3 is 2.68 bits per heavy atom. The van der Waals surface area contributed by atoms with Crippen LogP contribution in [0.3, 0.4) is 0 Å². The summed E-state index contributed by atoms with van der Waals surface area (Å²) in [5.74, 6) is -0.0797. The number of nitrogens with one attached hydrogen (secondary N) is 2. The van der Waals surface area contributed by atoms with Crippen LogP contribution >= 0.6 is 0 Å². The first-order valence-corrected chi connectivity index (χ1v) is 10.4. The van der Waals surface area contributed by atoms with Crippen molar-refractivity contribution in [3.63, 3.8) is 0 Å². The smallest absolute Gasteiger partial charge is 0.224 e. The molecule has 0 atom stereocenters. The van der Waals surface area contributed by atoms with Gasteiger partial charge in [-0.25, -0.2) is 0 Å². The Bertz CT molecular complexity index is 1240. The van der Waals surface area contributed by atoms with Crippen molar-refractivity contribution in [1.82, 2.24) is 9.97 Å². The Morgan fingerprint density at radius 2 is 1.90 bits per heavy atom. The molecule has 4 rings (SSSR count). The molecule has 0 saturated carbocycles. The molecule has 2 aromatic carbocycles. The molecule has 1 amide bonds. The van der Waals surface area contributed by atoms with Crippen LogP contribution in [-0.4, -0.2) is 21.7 Å². The van der Waals surface area contributed by atoms with Gasteiger partial charge in [0.1, 0.15) is 0 Å². The van der Waals surface area contributed by atoms with Crippen molar-refractivity contribution in [1.29, 1.82) is 0 Å². The molecule has 0 aliphatic rings. The summed E-state index contributed by atoms with van der Waals surface area (Å²) in [5.41, 5.74) is 6.60. The zero-order valence-corrected chi connectivity index (χ0v) is 17.7. The normalized spacial score (nSPS) is 10.9. The molecule has 2 aromatic heterocycles. The Balaban J connectivity index is 1.50. The predicted octanol–water partition coefficient (Wildman–Crippen LogP) is 5.70. The molecular formula is C26H25N3O2. The van der Waals surface area contributed by atoms with Gasteiger partial charge in [-0.15, -0.1) is 0 Å². The number of hydrogen-bond acceptors (Lipinski definition) is 3. The van der Waals surface area contributed by atoms with Crippen LogP contribution in [0.15, 0.2) is 66.9 Å².